The van der Waals surface area contributed by atoms with Crippen LogP contribution in [0.5, 0.6) is 0 Å². The molecule has 2 rings (SSSR count). The van der Waals surface area contributed by atoms with Crippen molar-refractivity contribution >= 4 is 0 Å². The number of hydrogen-bond donors (Lipinski definition) is 1. The molecule has 19 heavy (non-hydrogen) atoms. The van der Waals surface area contributed by atoms with Crippen LogP contribution in [0, 0.1) is 0 Å². The van der Waals surface area contributed by atoms with E-state index >= 15 is 0 Å². The number of likely N-dealkylation sites (N-methyl/N-ethyl adjacent to an activating group) is 1. The Morgan fingerprint density at radius 3 is 3.16 bits per heavy atom. The zero-order valence-electron chi connectivity index (χ0n) is 12.0. The summed E-state index contributed by atoms with van der Waals surface area (Å²) in [5.41, 5.74) is 1.26. The smallest absolute Gasteiger partial charge is 0.0700 e. The third-order valence-electron chi connectivity index (χ3n) is 3.74. The summed E-state index contributed by atoms with van der Waals surface area (Å²) >= 11 is 0. The highest BCUT2D eigenvalue weighted by atomic mass is 16.5. The van der Waals surface area contributed by atoms with Crippen LogP contribution in [0.4, 0.5) is 0 Å². The second kappa shape index (κ2) is 7.58. The van der Waals surface area contributed by atoms with E-state index < -0.39 is 0 Å². The molecule has 0 amide bonds. The van der Waals surface area contributed by atoms with Crippen LogP contribution < -0.4 is 5.32 Å². The zero-order valence-corrected chi connectivity index (χ0v) is 12.0. The van der Waals surface area contributed by atoms with E-state index in [1.807, 2.05) is 18.5 Å². The highest BCUT2D eigenvalue weighted by Gasteiger charge is 2.16. The molecule has 0 bridgehead atoms. The lowest BCUT2D eigenvalue weighted by atomic mass is 10.2. The maximum absolute atomic E-state index is 5.61. The molecular weight excluding hydrogens is 238 g/mol. The lowest BCUT2D eigenvalue weighted by Crippen LogP contribution is -2.39. The normalized spacial score (nSPS) is 20.9. The van der Waals surface area contributed by atoms with Crippen LogP contribution in [-0.2, 0) is 11.3 Å². The van der Waals surface area contributed by atoms with Crippen LogP contribution in [0.3, 0.4) is 0 Å². The average Bonchev–Trinajstić information content (AvgIpc) is 2.93. The zero-order chi connectivity index (χ0) is 13.5. The molecule has 0 radical (unpaired) electrons. The molecule has 1 aromatic heterocycles. The van der Waals surface area contributed by atoms with Gasteiger partial charge in [0.05, 0.1) is 6.10 Å². The second-order valence-electron chi connectivity index (χ2n) is 5.42. The van der Waals surface area contributed by atoms with Crippen molar-refractivity contribution in [3.05, 3.63) is 30.1 Å². The first-order chi connectivity index (χ1) is 9.25. The monoisotopic (exact) mass is 263 g/mol. The molecule has 1 fully saturated rings. The van der Waals surface area contributed by atoms with Gasteiger partial charge in [0, 0.05) is 44.7 Å². The number of pyridine rings is 1. The molecule has 1 aliphatic heterocycles. The summed E-state index contributed by atoms with van der Waals surface area (Å²) in [6.45, 7) is 6.10. The maximum Gasteiger partial charge on any atom is 0.0700 e. The van der Waals surface area contributed by atoms with E-state index in [1.165, 1.54) is 18.4 Å². The van der Waals surface area contributed by atoms with Gasteiger partial charge in [0.2, 0.25) is 0 Å². The van der Waals surface area contributed by atoms with E-state index in [4.69, 9.17) is 4.74 Å². The van der Waals surface area contributed by atoms with Crippen LogP contribution in [0.1, 0.15) is 25.3 Å². The number of aromatic nitrogens is 1. The molecular formula is C15H25N3O. The summed E-state index contributed by atoms with van der Waals surface area (Å²) in [6.07, 6.45) is 6.59. The highest BCUT2D eigenvalue weighted by molar-refractivity contribution is 5.08. The van der Waals surface area contributed by atoms with E-state index in [-0.39, 0.29) is 0 Å². The van der Waals surface area contributed by atoms with Crippen molar-refractivity contribution < 1.29 is 4.74 Å². The molecule has 0 aliphatic carbocycles. The molecule has 0 spiro atoms. The third-order valence-corrected chi connectivity index (χ3v) is 3.74. The van der Waals surface area contributed by atoms with Crippen LogP contribution in [0.15, 0.2) is 24.5 Å². The molecule has 1 saturated heterocycles. The quantitative estimate of drug-likeness (QED) is 0.812. The molecule has 1 aliphatic rings. The number of rotatable bonds is 7. The first-order valence-corrected chi connectivity index (χ1v) is 7.17. The summed E-state index contributed by atoms with van der Waals surface area (Å²) in [5, 5.41) is 3.51. The highest BCUT2D eigenvalue weighted by Crippen LogP contribution is 2.10. The van der Waals surface area contributed by atoms with Crippen molar-refractivity contribution in [2.24, 2.45) is 0 Å². The predicted octanol–water partition coefficient (Wildman–Crippen LogP) is 1.67. The Morgan fingerprint density at radius 1 is 1.58 bits per heavy atom. The van der Waals surface area contributed by atoms with Crippen molar-refractivity contribution in [3.8, 4) is 0 Å². The van der Waals surface area contributed by atoms with Gasteiger partial charge in [-0.25, -0.2) is 0 Å². The van der Waals surface area contributed by atoms with Crippen LogP contribution >= 0.6 is 0 Å². The van der Waals surface area contributed by atoms with Crippen molar-refractivity contribution in [3.63, 3.8) is 0 Å². The van der Waals surface area contributed by atoms with E-state index in [0.29, 0.717) is 12.1 Å². The van der Waals surface area contributed by atoms with Gasteiger partial charge in [-0.2, -0.15) is 0 Å². The Kier molecular flexibility index (Phi) is 5.76. The molecule has 0 aromatic carbocycles. The van der Waals surface area contributed by atoms with Crippen LogP contribution in [0.2, 0.25) is 0 Å². The Bertz CT molecular complexity index is 352. The predicted molar refractivity (Wildman–Crippen MR) is 77.0 cm³/mol. The number of hydrogen-bond acceptors (Lipinski definition) is 4. The van der Waals surface area contributed by atoms with Crippen molar-refractivity contribution in [1.82, 2.24) is 15.2 Å². The first kappa shape index (κ1) is 14.4. The Morgan fingerprint density at radius 2 is 2.47 bits per heavy atom. The molecule has 2 atom stereocenters. The van der Waals surface area contributed by atoms with Crippen molar-refractivity contribution in [2.45, 2.75) is 38.5 Å². The minimum absolute atomic E-state index is 0.427. The Balaban J connectivity index is 1.65. The summed E-state index contributed by atoms with van der Waals surface area (Å²) in [4.78, 5) is 6.50. The average molecular weight is 263 g/mol. The second-order valence-corrected chi connectivity index (χ2v) is 5.42. The van der Waals surface area contributed by atoms with Gasteiger partial charge in [-0.3, -0.25) is 9.88 Å². The van der Waals surface area contributed by atoms with Gasteiger partial charge >= 0.3 is 0 Å². The minimum Gasteiger partial charge on any atom is -0.377 e. The fraction of sp³-hybridized carbons (Fsp3) is 0.667. The SMILES string of the molecule is CC(CNCC1CCCO1)N(C)Cc1cccnc1. The summed E-state index contributed by atoms with van der Waals surface area (Å²) < 4.78 is 5.61. The third kappa shape index (κ3) is 4.90. The standard InChI is InChI=1S/C15H25N3O/c1-13(9-17-11-15-6-4-8-19-15)18(2)12-14-5-3-7-16-10-14/h3,5,7,10,13,15,17H,4,6,8-9,11-12H2,1-2H3. The molecule has 0 saturated carbocycles. The molecule has 2 heterocycles. The fourth-order valence-corrected chi connectivity index (χ4v) is 2.35. The number of nitrogens with one attached hydrogen (secondary N) is 1. The minimum atomic E-state index is 0.427. The van der Waals surface area contributed by atoms with Gasteiger partial charge in [0.15, 0.2) is 0 Å². The van der Waals surface area contributed by atoms with Crippen molar-refractivity contribution in [2.75, 3.05) is 26.7 Å². The van der Waals surface area contributed by atoms with E-state index in [0.717, 1.165) is 26.2 Å². The van der Waals surface area contributed by atoms with Gasteiger partial charge in [-0.1, -0.05) is 6.07 Å². The summed E-state index contributed by atoms with van der Waals surface area (Å²) in [6, 6.07) is 4.61. The Hall–Kier alpha value is -0.970. The van der Waals surface area contributed by atoms with Gasteiger partial charge in [-0.15, -0.1) is 0 Å². The van der Waals surface area contributed by atoms with E-state index in [9.17, 15) is 0 Å². The van der Waals surface area contributed by atoms with Gasteiger partial charge < -0.3 is 10.1 Å². The Labute approximate surface area is 116 Å². The summed E-state index contributed by atoms with van der Waals surface area (Å²) in [5.74, 6) is 0. The van der Waals surface area contributed by atoms with E-state index in [2.05, 4.69) is 35.2 Å². The largest absolute Gasteiger partial charge is 0.377 e. The molecule has 1 N–H and O–H groups in total. The van der Waals surface area contributed by atoms with Gasteiger partial charge in [-0.05, 0) is 38.4 Å². The van der Waals surface area contributed by atoms with E-state index in [1.54, 1.807) is 0 Å². The number of nitrogens with zero attached hydrogens (tertiary/aromatic N) is 2. The molecule has 2 unspecified atom stereocenters. The first-order valence-electron chi connectivity index (χ1n) is 7.17. The number of ether oxygens (including phenoxy) is 1. The maximum atomic E-state index is 5.61. The van der Waals surface area contributed by atoms with Crippen LogP contribution in [0.25, 0.3) is 0 Å². The topological polar surface area (TPSA) is 37.4 Å². The molecule has 4 nitrogen and oxygen atoms in total. The molecule has 4 heteroatoms. The van der Waals surface area contributed by atoms with Gasteiger partial charge in [0.1, 0.15) is 0 Å². The van der Waals surface area contributed by atoms with Gasteiger partial charge in [0.25, 0.3) is 0 Å². The summed E-state index contributed by atoms with van der Waals surface area (Å²) in [7, 11) is 2.16. The fourth-order valence-electron chi connectivity index (χ4n) is 2.35. The van der Waals surface area contributed by atoms with Crippen molar-refractivity contribution in [1.29, 1.82) is 0 Å². The lowest BCUT2D eigenvalue weighted by Gasteiger charge is -2.25. The molecule has 1 aromatic rings. The van der Waals surface area contributed by atoms with Crippen LogP contribution in [-0.4, -0.2) is 48.8 Å². The molecule has 106 valence electrons. The lowest BCUT2D eigenvalue weighted by molar-refractivity contribution is 0.108.